The molecule has 0 aliphatic carbocycles. The highest BCUT2D eigenvalue weighted by Crippen LogP contribution is 2.19. The Balaban J connectivity index is 1.92. The van der Waals surface area contributed by atoms with E-state index in [0.717, 1.165) is 0 Å². The summed E-state index contributed by atoms with van der Waals surface area (Å²) in [6, 6.07) is 1.86. The lowest BCUT2D eigenvalue weighted by atomic mass is 10.2. The second-order valence-electron chi connectivity index (χ2n) is 3.70. The van der Waals surface area contributed by atoms with E-state index in [0.29, 0.717) is 5.56 Å². The van der Waals surface area contributed by atoms with E-state index < -0.39 is 12.8 Å². The largest absolute Gasteiger partial charge is 0.411 e. The highest BCUT2D eigenvalue weighted by Gasteiger charge is 2.27. The molecule has 0 amide bonds. The van der Waals surface area contributed by atoms with Crippen molar-refractivity contribution in [3.05, 3.63) is 17.7 Å². The number of alkyl halides is 3. The van der Waals surface area contributed by atoms with Crippen molar-refractivity contribution in [3.63, 3.8) is 0 Å². The average molecular weight is 287 g/mol. The third-order valence-electron chi connectivity index (χ3n) is 2.19. The lowest BCUT2D eigenvalue weighted by Gasteiger charge is -2.05. The molecule has 0 spiro atoms. The molecule has 0 aliphatic rings. The minimum Gasteiger partial charge on any atom is -0.372 e. The molecule has 1 N–H and O–H groups in total. The minimum atomic E-state index is -4.36. The van der Waals surface area contributed by atoms with Crippen LogP contribution in [0.25, 0.3) is 11.5 Å². The van der Waals surface area contributed by atoms with Crippen LogP contribution in [0.4, 0.5) is 13.2 Å². The van der Waals surface area contributed by atoms with Gasteiger partial charge in [0.2, 0.25) is 0 Å². The van der Waals surface area contributed by atoms with Gasteiger partial charge in [0.1, 0.15) is 18.4 Å². The van der Waals surface area contributed by atoms with Crippen molar-refractivity contribution < 1.29 is 22.4 Å². The molecule has 0 aromatic carbocycles. The van der Waals surface area contributed by atoms with Gasteiger partial charge in [-0.1, -0.05) is 5.16 Å². The van der Waals surface area contributed by atoms with Crippen LogP contribution in [-0.2, 0) is 11.2 Å². The topological polar surface area (TPSA) is 101 Å². The predicted molar refractivity (Wildman–Crippen MR) is 57.2 cm³/mol. The summed E-state index contributed by atoms with van der Waals surface area (Å²) in [5.41, 5.74) is 0.496. The van der Waals surface area contributed by atoms with E-state index in [4.69, 9.17) is 9.78 Å². The maximum Gasteiger partial charge on any atom is 0.411 e. The number of hydrogen-bond acceptors (Lipinski definition) is 6. The Morgan fingerprint density at radius 1 is 1.45 bits per heavy atom. The van der Waals surface area contributed by atoms with Gasteiger partial charge in [0.15, 0.2) is 5.82 Å². The second kappa shape index (κ2) is 5.70. The summed E-state index contributed by atoms with van der Waals surface area (Å²) in [6.45, 7) is -1.51. The first kappa shape index (κ1) is 14.0. The van der Waals surface area contributed by atoms with Crippen LogP contribution in [0.1, 0.15) is 11.5 Å². The van der Waals surface area contributed by atoms with Crippen LogP contribution in [0.2, 0.25) is 0 Å². The molecule has 2 heterocycles. The molecule has 2 aromatic heterocycles. The molecule has 106 valence electrons. The zero-order chi connectivity index (χ0) is 14.6. The summed E-state index contributed by atoms with van der Waals surface area (Å²) in [4.78, 5) is 3.95. The zero-order valence-corrected chi connectivity index (χ0v) is 9.94. The Bertz CT molecular complexity index is 613. The van der Waals surface area contributed by atoms with Gasteiger partial charge in [0.05, 0.1) is 18.4 Å². The van der Waals surface area contributed by atoms with Gasteiger partial charge in [-0.05, 0) is 0 Å². The summed E-state index contributed by atoms with van der Waals surface area (Å²) in [5, 5.41) is 18.5. The number of aromatic amines is 1. The zero-order valence-electron chi connectivity index (χ0n) is 9.94. The Hall–Kier alpha value is -2.41. The van der Waals surface area contributed by atoms with E-state index in [2.05, 4.69) is 25.1 Å². The first-order valence-corrected chi connectivity index (χ1v) is 5.40. The molecule has 10 heteroatoms. The third-order valence-corrected chi connectivity index (χ3v) is 2.19. The highest BCUT2D eigenvalue weighted by molar-refractivity contribution is 5.58. The number of aromatic nitrogens is 4. The highest BCUT2D eigenvalue weighted by atomic mass is 19.4. The summed E-state index contributed by atoms with van der Waals surface area (Å²) in [6.07, 6.45) is -2.95. The Morgan fingerprint density at radius 2 is 2.25 bits per heavy atom. The second-order valence-corrected chi connectivity index (χ2v) is 3.70. The van der Waals surface area contributed by atoms with Crippen LogP contribution in [0.15, 0.2) is 10.7 Å². The summed E-state index contributed by atoms with van der Waals surface area (Å²) < 4.78 is 44.8. The molecular formula is C10H8F3N5O2. The van der Waals surface area contributed by atoms with E-state index in [-0.39, 0.29) is 30.4 Å². The van der Waals surface area contributed by atoms with Gasteiger partial charge >= 0.3 is 6.18 Å². The first-order chi connectivity index (χ1) is 9.49. The van der Waals surface area contributed by atoms with Gasteiger partial charge in [-0.25, -0.2) is 0 Å². The van der Waals surface area contributed by atoms with Gasteiger partial charge in [-0.3, -0.25) is 5.10 Å². The summed E-state index contributed by atoms with van der Waals surface area (Å²) in [5.74, 6) is 0.258. The van der Waals surface area contributed by atoms with Crippen LogP contribution in [0.3, 0.4) is 0 Å². The van der Waals surface area contributed by atoms with Crippen molar-refractivity contribution in [1.82, 2.24) is 20.3 Å². The molecule has 0 bridgehead atoms. The molecule has 0 atom stereocenters. The van der Waals surface area contributed by atoms with Gasteiger partial charge < -0.3 is 9.26 Å². The van der Waals surface area contributed by atoms with E-state index in [9.17, 15) is 13.2 Å². The predicted octanol–water partition coefficient (Wildman–Crippen LogP) is 1.45. The molecule has 0 aliphatic heterocycles. The van der Waals surface area contributed by atoms with E-state index in [1.807, 2.05) is 6.07 Å². The van der Waals surface area contributed by atoms with Crippen molar-refractivity contribution in [3.8, 4) is 17.5 Å². The molecule has 0 unspecified atom stereocenters. The monoisotopic (exact) mass is 287 g/mol. The quantitative estimate of drug-likeness (QED) is 0.835. The van der Waals surface area contributed by atoms with Crippen LogP contribution in [0.5, 0.6) is 0 Å². The van der Waals surface area contributed by atoms with Crippen LogP contribution in [-0.4, -0.2) is 39.7 Å². The molecule has 2 aromatic rings. The third kappa shape index (κ3) is 3.55. The molecule has 7 nitrogen and oxygen atoms in total. The van der Waals surface area contributed by atoms with Crippen LogP contribution in [0, 0.1) is 11.3 Å². The fourth-order valence-electron chi connectivity index (χ4n) is 1.35. The van der Waals surface area contributed by atoms with Crippen LogP contribution >= 0.6 is 0 Å². The molecular weight excluding hydrogens is 279 g/mol. The van der Waals surface area contributed by atoms with Crippen molar-refractivity contribution in [2.45, 2.75) is 12.6 Å². The maximum absolute atomic E-state index is 11.8. The van der Waals surface area contributed by atoms with Crippen molar-refractivity contribution in [2.24, 2.45) is 0 Å². The number of rotatable bonds is 5. The summed E-state index contributed by atoms with van der Waals surface area (Å²) >= 11 is 0. The van der Waals surface area contributed by atoms with Crippen molar-refractivity contribution in [2.75, 3.05) is 13.2 Å². The SMILES string of the molecule is N#Cc1[nH]ncc1-c1nc(CCOCC(F)(F)F)no1. The van der Waals surface area contributed by atoms with E-state index >= 15 is 0 Å². The Labute approximate surface area is 110 Å². The summed E-state index contributed by atoms with van der Waals surface area (Å²) in [7, 11) is 0. The van der Waals surface area contributed by atoms with Crippen molar-refractivity contribution in [1.29, 1.82) is 5.26 Å². The molecule has 0 radical (unpaired) electrons. The number of nitrogens with zero attached hydrogens (tertiary/aromatic N) is 4. The molecule has 20 heavy (non-hydrogen) atoms. The standard InChI is InChI=1S/C10H8F3N5O2/c11-10(12,13)5-19-2-1-8-16-9(20-18-8)6-4-15-17-7(6)3-14/h4H,1-2,5H2,(H,15,17). The smallest absolute Gasteiger partial charge is 0.372 e. The number of ether oxygens (including phenoxy) is 1. The normalized spacial score (nSPS) is 11.5. The molecule has 0 fully saturated rings. The number of nitriles is 1. The van der Waals surface area contributed by atoms with Crippen LogP contribution < -0.4 is 0 Å². The van der Waals surface area contributed by atoms with Gasteiger partial charge in [0, 0.05) is 6.42 Å². The Kier molecular flexibility index (Phi) is 3.99. The molecule has 0 saturated carbocycles. The van der Waals surface area contributed by atoms with E-state index in [1.165, 1.54) is 6.20 Å². The Morgan fingerprint density at radius 3 is 2.95 bits per heavy atom. The minimum absolute atomic E-state index is 0.0688. The lowest BCUT2D eigenvalue weighted by molar-refractivity contribution is -0.173. The lowest BCUT2D eigenvalue weighted by Crippen LogP contribution is -2.18. The fourth-order valence-corrected chi connectivity index (χ4v) is 1.35. The van der Waals surface area contributed by atoms with Gasteiger partial charge in [-0.2, -0.15) is 28.5 Å². The number of nitrogens with one attached hydrogen (secondary N) is 1. The van der Waals surface area contributed by atoms with E-state index in [1.54, 1.807) is 0 Å². The van der Waals surface area contributed by atoms with Gasteiger partial charge in [0.25, 0.3) is 5.89 Å². The molecule has 2 rings (SSSR count). The van der Waals surface area contributed by atoms with Crippen molar-refractivity contribution >= 4 is 0 Å². The van der Waals surface area contributed by atoms with Gasteiger partial charge in [-0.15, -0.1) is 0 Å². The fraction of sp³-hybridized carbons (Fsp3) is 0.400. The maximum atomic E-state index is 11.8. The number of hydrogen-bond donors (Lipinski definition) is 1. The number of halogens is 3. The number of H-pyrrole nitrogens is 1. The average Bonchev–Trinajstić information content (AvgIpc) is 3.01. The molecule has 0 saturated heterocycles. The first-order valence-electron chi connectivity index (χ1n) is 5.40.